The number of nitrogens with one attached hydrogen (secondary N) is 2. The molecule has 0 bridgehead atoms. The highest BCUT2D eigenvalue weighted by molar-refractivity contribution is 6.33. The first-order valence-electron chi connectivity index (χ1n) is 12.8. The van der Waals surface area contributed by atoms with Gasteiger partial charge in [-0.1, -0.05) is 17.7 Å². The molecule has 37 heavy (non-hydrogen) atoms. The smallest absolute Gasteiger partial charge is 0.251 e. The number of aliphatic hydroxyl groups is 1. The Morgan fingerprint density at radius 1 is 1.27 bits per heavy atom. The lowest BCUT2D eigenvalue weighted by Gasteiger charge is -2.31. The van der Waals surface area contributed by atoms with Gasteiger partial charge >= 0.3 is 0 Å². The molecule has 1 fully saturated rings. The van der Waals surface area contributed by atoms with E-state index in [-0.39, 0.29) is 12.5 Å². The van der Waals surface area contributed by atoms with Crippen LogP contribution in [0.2, 0.25) is 5.02 Å². The van der Waals surface area contributed by atoms with Gasteiger partial charge in [-0.05, 0) is 61.1 Å². The Morgan fingerprint density at radius 2 is 2.14 bits per heavy atom. The van der Waals surface area contributed by atoms with Gasteiger partial charge in [-0.15, -0.1) is 0 Å². The third-order valence-electron chi connectivity index (χ3n) is 7.12. The van der Waals surface area contributed by atoms with E-state index >= 15 is 0 Å². The predicted molar refractivity (Wildman–Crippen MR) is 142 cm³/mol. The van der Waals surface area contributed by atoms with Gasteiger partial charge in [0.25, 0.3) is 5.91 Å². The standard InChI is InChI=1S/C27H33ClN6O3/c1-33-21(8-11-31-33)17-37-24-6-5-19-15-34(12-9-23(19)26(24)28)16-22(35)14-30-27(36)18-7-10-29-25(13-18)32-20-3-2-4-20/h5-8,10-11,13,20,22,35H,2-4,9,12,14-17H2,1H3,(H,29,32)(H,30,36)/t22-/m0/s1. The Balaban J connectivity index is 1.10. The average molecular weight is 525 g/mol. The summed E-state index contributed by atoms with van der Waals surface area (Å²) in [6.45, 7) is 2.49. The third-order valence-corrected chi connectivity index (χ3v) is 7.54. The molecule has 196 valence electrons. The quantitative estimate of drug-likeness (QED) is 0.374. The maximum atomic E-state index is 12.6. The average Bonchev–Trinajstić information content (AvgIpc) is 3.29. The summed E-state index contributed by atoms with van der Waals surface area (Å²) in [5, 5.41) is 21.6. The number of rotatable bonds is 10. The van der Waals surface area contributed by atoms with Gasteiger partial charge in [-0.25, -0.2) is 4.98 Å². The molecule has 0 spiro atoms. The number of pyridine rings is 1. The summed E-state index contributed by atoms with van der Waals surface area (Å²) in [6.07, 6.45) is 6.97. The van der Waals surface area contributed by atoms with Gasteiger partial charge in [-0.3, -0.25) is 14.4 Å². The van der Waals surface area contributed by atoms with Crippen LogP contribution in [0.3, 0.4) is 0 Å². The van der Waals surface area contributed by atoms with Crippen LogP contribution in [0.15, 0.2) is 42.7 Å². The molecule has 3 N–H and O–H groups in total. The number of amides is 1. The fraction of sp³-hybridized carbons (Fsp3) is 0.444. The Labute approximate surface area is 221 Å². The zero-order valence-electron chi connectivity index (χ0n) is 21.0. The van der Waals surface area contributed by atoms with Gasteiger partial charge in [0, 0.05) is 57.2 Å². The number of ether oxygens (including phenoxy) is 1. The summed E-state index contributed by atoms with van der Waals surface area (Å²) >= 11 is 6.68. The Bertz CT molecular complexity index is 1240. The molecule has 3 heterocycles. The summed E-state index contributed by atoms with van der Waals surface area (Å²) in [5.41, 5.74) is 3.72. The molecule has 5 rings (SSSR count). The summed E-state index contributed by atoms with van der Waals surface area (Å²) < 4.78 is 7.73. The van der Waals surface area contributed by atoms with Gasteiger partial charge in [0.1, 0.15) is 18.2 Å². The monoisotopic (exact) mass is 524 g/mol. The van der Waals surface area contributed by atoms with Crippen LogP contribution in [0, 0.1) is 0 Å². The van der Waals surface area contributed by atoms with Crippen molar-refractivity contribution in [2.24, 2.45) is 7.05 Å². The molecule has 9 nitrogen and oxygen atoms in total. The number of nitrogens with zero attached hydrogens (tertiary/aromatic N) is 4. The number of hydrogen-bond donors (Lipinski definition) is 3. The van der Waals surface area contributed by atoms with Gasteiger partial charge < -0.3 is 20.5 Å². The molecule has 10 heteroatoms. The maximum Gasteiger partial charge on any atom is 0.251 e. The van der Waals surface area contributed by atoms with Crippen LogP contribution in [0.1, 0.15) is 46.4 Å². The van der Waals surface area contributed by atoms with E-state index in [4.69, 9.17) is 16.3 Å². The van der Waals surface area contributed by atoms with Crippen molar-refractivity contribution in [2.75, 3.05) is 25.0 Å². The Hall–Kier alpha value is -3.14. The molecule has 1 aliphatic carbocycles. The molecule has 2 aromatic heterocycles. The van der Waals surface area contributed by atoms with Crippen LogP contribution < -0.4 is 15.4 Å². The third kappa shape index (κ3) is 6.23. The van der Waals surface area contributed by atoms with E-state index in [1.165, 1.54) is 6.42 Å². The molecule has 1 aliphatic heterocycles. The highest BCUT2D eigenvalue weighted by Crippen LogP contribution is 2.34. The van der Waals surface area contributed by atoms with E-state index in [0.717, 1.165) is 42.6 Å². The van der Waals surface area contributed by atoms with Crippen LogP contribution in [-0.2, 0) is 26.6 Å². The largest absolute Gasteiger partial charge is 0.486 e. The summed E-state index contributed by atoms with van der Waals surface area (Å²) in [4.78, 5) is 19.1. The van der Waals surface area contributed by atoms with E-state index in [0.29, 0.717) is 47.9 Å². The SMILES string of the molecule is Cn1nccc1COc1ccc2c(c1Cl)CCN(C[C@@H](O)CNC(=O)c1ccnc(NC3CCC3)c1)C2. The van der Waals surface area contributed by atoms with Crippen LogP contribution >= 0.6 is 11.6 Å². The van der Waals surface area contributed by atoms with Crippen LogP contribution in [0.4, 0.5) is 5.82 Å². The van der Waals surface area contributed by atoms with Crippen molar-refractivity contribution in [3.63, 3.8) is 0 Å². The number of β-amino-alcohol motifs (C(OH)–C–C–N with tert-alkyl or cyclic N) is 1. The molecule has 0 unspecified atom stereocenters. The maximum absolute atomic E-state index is 12.6. The lowest BCUT2D eigenvalue weighted by molar-refractivity contribution is 0.0841. The molecular weight excluding hydrogens is 492 g/mol. The second-order valence-corrected chi connectivity index (χ2v) is 10.2. The second-order valence-electron chi connectivity index (χ2n) is 9.80. The number of carbonyl (C=O) groups is 1. The molecular formula is C27H33ClN6O3. The van der Waals surface area contributed by atoms with Crippen molar-refractivity contribution in [2.45, 2.75) is 51.0 Å². The Morgan fingerprint density at radius 3 is 2.89 bits per heavy atom. The summed E-state index contributed by atoms with van der Waals surface area (Å²) in [7, 11) is 1.88. The fourth-order valence-electron chi connectivity index (χ4n) is 4.70. The van der Waals surface area contributed by atoms with Crippen molar-refractivity contribution in [1.29, 1.82) is 0 Å². The van der Waals surface area contributed by atoms with E-state index < -0.39 is 6.10 Å². The summed E-state index contributed by atoms with van der Waals surface area (Å²) in [5.74, 6) is 1.17. The van der Waals surface area contributed by atoms with Crippen LogP contribution in [-0.4, -0.2) is 62.5 Å². The molecule has 3 aromatic rings. The normalized spacial score (nSPS) is 16.5. The topological polar surface area (TPSA) is 105 Å². The summed E-state index contributed by atoms with van der Waals surface area (Å²) in [6, 6.07) is 9.76. The second kappa shape index (κ2) is 11.5. The molecule has 1 atom stereocenters. The van der Waals surface area contributed by atoms with Crippen molar-refractivity contribution in [3.8, 4) is 5.75 Å². The molecule has 1 amide bonds. The van der Waals surface area contributed by atoms with Gasteiger partial charge in [0.15, 0.2) is 0 Å². The molecule has 1 aromatic carbocycles. The fourth-order valence-corrected chi connectivity index (χ4v) is 5.03. The number of aromatic nitrogens is 3. The van der Waals surface area contributed by atoms with Crippen LogP contribution in [0.5, 0.6) is 5.75 Å². The number of anilines is 1. The first kappa shape index (κ1) is 25.5. The number of benzene rings is 1. The minimum absolute atomic E-state index is 0.178. The molecule has 1 saturated carbocycles. The lowest BCUT2D eigenvalue weighted by atomic mass is 9.93. The molecule has 0 saturated heterocycles. The van der Waals surface area contributed by atoms with Gasteiger partial charge in [-0.2, -0.15) is 5.10 Å². The van der Waals surface area contributed by atoms with Crippen molar-refractivity contribution < 1.29 is 14.6 Å². The molecule has 2 aliphatic rings. The van der Waals surface area contributed by atoms with E-state index in [2.05, 4.69) is 25.6 Å². The van der Waals surface area contributed by atoms with E-state index in [9.17, 15) is 9.90 Å². The Kier molecular flexibility index (Phi) is 7.93. The first-order chi connectivity index (χ1) is 18.0. The number of fused-ring (bicyclic) bond motifs is 1. The highest BCUT2D eigenvalue weighted by Gasteiger charge is 2.23. The number of hydrogen-bond acceptors (Lipinski definition) is 7. The number of aliphatic hydroxyl groups excluding tert-OH is 1. The first-order valence-corrected chi connectivity index (χ1v) is 13.1. The predicted octanol–water partition coefficient (Wildman–Crippen LogP) is 3.16. The zero-order valence-corrected chi connectivity index (χ0v) is 21.7. The van der Waals surface area contributed by atoms with Gasteiger partial charge in [0.05, 0.1) is 16.8 Å². The van der Waals surface area contributed by atoms with E-state index in [1.54, 1.807) is 29.2 Å². The highest BCUT2D eigenvalue weighted by atomic mass is 35.5. The zero-order chi connectivity index (χ0) is 25.8. The minimum atomic E-state index is -0.683. The number of halogens is 1. The van der Waals surface area contributed by atoms with Crippen molar-refractivity contribution in [3.05, 3.63) is 70.1 Å². The minimum Gasteiger partial charge on any atom is -0.486 e. The lowest BCUT2D eigenvalue weighted by Crippen LogP contribution is -2.42. The number of carbonyl (C=O) groups excluding carboxylic acids is 1. The van der Waals surface area contributed by atoms with Crippen molar-refractivity contribution >= 4 is 23.3 Å². The molecule has 0 radical (unpaired) electrons. The van der Waals surface area contributed by atoms with Crippen LogP contribution in [0.25, 0.3) is 0 Å². The number of aryl methyl sites for hydroxylation is 1. The van der Waals surface area contributed by atoms with Gasteiger partial charge in [0.2, 0.25) is 0 Å². The van der Waals surface area contributed by atoms with E-state index in [1.807, 2.05) is 25.2 Å². The van der Waals surface area contributed by atoms with Crippen molar-refractivity contribution in [1.82, 2.24) is 25.0 Å².